The van der Waals surface area contributed by atoms with Crippen LogP contribution in [0.3, 0.4) is 0 Å². The number of aryl methyl sites for hydroxylation is 1. The van der Waals surface area contributed by atoms with Crippen LogP contribution in [-0.2, 0) is 0 Å². The molecule has 16 heavy (non-hydrogen) atoms. The Labute approximate surface area is 98.2 Å². The third kappa shape index (κ3) is 5.71. The maximum Gasteiger partial charge on any atom is 0.213 e. The first-order valence-corrected chi connectivity index (χ1v) is 5.79. The molecule has 0 fully saturated rings. The second-order valence-corrected chi connectivity index (χ2v) is 5.00. The molecule has 1 aromatic rings. The quantitative estimate of drug-likeness (QED) is 0.777. The van der Waals surface area contributed by atoms with Gasteiger partial charge in [-0.25, -0.2) is 4.98 Å². The lowest BCUT2D eigenvalue weighted by atomic mass is 10.1. The molecular formula is C13H22N2O. The van der Waals surface area contributed by atoms with Gasteiger partial charge in [-0.2, -0.15) is 0 Å². The molecule has 1 N–H and O–H groups in total. The highest BCUT2D eigenvalue weighted by Crippen LogP contribution is 2.06. The number of hydrogen-bond acceptors (Lipinski definition) is 3. The molecule has 3 nitrogen and oxygen atoms in total. The predicted molar refractivity (Wildman–Crippen MR) is 66.8 cm³/mol. The summed E-state index contributed by atoms with van der Waals surface area (Å²) in [6, 6.07) is 5.82. The summed E-state index contributed by atoms with van der Waals surface area (Å²) in [5.41, 5.74) is 1.17. The zero-order valence-corrected chi connectivity index (χ0v) is 10.7. The molecule has 0 aromatic carbocycles. The monoisotopic (exact) mass is 222 g/mol. The van der Waals surface area contributed by atoms with Crippen LogP contribution in [0.2, 0.25) is 0 Å². The van der Waals surface area contributed by atoms with Gasteiger partial charge in [0.1, 0.15) is 0 Å². The molecular weight excluding hydrogens is 200 g/mol. The lowest BCUT2D eigenvalue weighted by molar-refractivity contribution is 0.288. The van der Waals surface area contributed by atoms with E-state index in [1.54, 1.807) is 0 Å². The molecule has 0 amide bonds. The summed E-state index contributed by atoms with van der Waals surface area (Å²) in [6.45, 7) is 10.1. The van der Waals surface area contributed by atoms with Crippen molar-refractivity contribution in [2.45, 2.75) is 39.7 Å². The largest absolute Gasteiger partial charge is 0.478 e. The summed E-state index contributed by atoms with van der Waals surface area (Å²) < 4.78 is 5.55. The van der Waals surface area contributed by atoms with Crippen molar-refractivity contribution in [3.63, 3.8) is 0 Å². The van der Waals surface area contributed by atoms with Crippen molar-refractivity contribution in [2.24, 2.45) is 0 Å². The summed E-state index contributed by atoms with van der Waals surface area (Å²) in [6.07, 6.45) is 0.993. The van der Waals surface area contributed by atoms with Crippen LogP contribution in [0.25, 0.3) is 0 Å². The van der Waals surface area contributed by atoms with Gasteiger partial charge in [-0.3, -0.25) is 0 Å². The van der Waals surface area contributed by atoms with E-state index < -0.39 is 0 Å². The van der Waals surface area contributed by atoms with Crippen molar-refractivity contribution in [2.75, 3.05) is 13.2 Å². The number of rotatable bonds is 5. The molecule has 1 heterocycles. The average molecular weight is 222 g/mol. The van der Waals surface area contributed by atoms with Gasteiger partial charge >= 0.3 is 0 Å². The van der Waals surface area contributed by atoms with Crippen molar-refractivity contribution in [1.29, 1.82) is 0 Å². The molecule has 0 radical (unpaired) electrons. The van der Waals surface area contributed by atoms with Gasteiger partial charge < -0.3 is 10.1 Å². The maximum absolute atomic E-state index is 5.55. The third-order valence-corrected chi connectivity index (χ3v) is 2.09. The first-order chi connectivity index (χ1) is 7.47. The van der Waals surface area contributed by atoms with Crippen molar-refractivity contribution < 1.29 is 4.74 Å². The smallest absolute Gasteiger partial charge is 0.213 e. The van der Waals surface area contributed by atoms with Crippen LogP contribution >= 0.6 is 0 Å². The SMILES string of the molecule is Cc1cccc(OCCCNC(C)(C)C)n1. The molecule has 0 saturated carbocycles. The van der Waals surface area contributed by atoms with Gasteiger partial charge in [0.25, 0.3) is 0 Å². The minimum atomic E-state index is 0.182. The van der Waals surface area contributed by atoms with Crippen LogP contribution in [0.15, 0.2) is 18.2 Å². The highest BCUT2D eigenvalue weighted by molar-refractivity contribution is 5.14. The van der Waals surface area contributed by atoms with Gasteiger partial charge in [-0.05, 0) is 46.7 Å². The Balaban J connectivity index is 2.17. The second kappa shape index (κ2) is 5.85. The number of aromatic nitrogens is 1. The maximum atomic E-state index is 5.55. The van der Waals surface area contributed by atoms with Crippen LogP contribution < -0.4 is 10.1 Å². The number of ether oxygens (including phenoxy) is 1. The molecule has 90 valence electrons. The molecule has 0 bridgehead atoms. The van der Waals surface area contributed by atoms with E-state index in [9.17, 15) is 0 Å². The third-order valence-electron chi connectivity index (χ3n) is 2.09. The first-order valence-electron chi connectivity index (χ1n) is 5.79. The van der Waals surface area contributed by atoms with Gasteiger partial charge in [0, 0.05) is 17.3 Å². The molecule has 1 rings (SSSR count). The lowest BCUT2D eigenvalue weighted by Gasteiger charge is -2.20. The Kier molecular flexibility index (Phi) is 4.74. The van der Waals surface area contributed by atoms with Crippen LogP contribution in [0, 0.1) is 6.92 Å². The highest BCUT2D eigenvalue weighted by Gasteiger charge is 2.07. The molecule has 0 spiro atoms. The van der Waals surface area contributed by atoms with E-state index in [0.717, 1.165) is 24.5 Å². The highest BCUT2D eigenvalue weighted by atomic mass is 16.5. The number of pyridine rings is 1. The fourth-order valence-electron chi connectivity index (χ4n) is 1.31. The van der Waals surface area contributed by atoms with Gasteiger partial charge in [-0.15, -0.1) is 0 Å². The minimum absolute atomic E-state index is 0.182. The average Bonchev–Trinajstić information content (AvgIpc) is 2.15. The van der Waals surface area contributed by atoms with E-state index in [1.165, 1.54) is 0 Å². The van der Waals surface area contributed by atoms with E-state index >= 15 is 0 Å². The fraction of sp³-hybridized carbons (Fsp3) is 0.615. The predicted octanol–water partition coefficient (Wildman–Crippen LogP) is 2.55. The fourth-order valence-corrected chi connectivity index (χ4v) is 1.31. The number of hydrogen-bond donors (Lipinski definition) is 1. The number of nitrogens with one attached hydrogen (secondary N) is 1. The summed E-state index contributed by atoms with van der Waals surface area (Å²) in [5, 5.41) is 3.42. The Hall–Kier alpha value is -1.09. The van der Waals surface area contributed by atoms with Crippen LogP contribution in [0.5, 0.6) is 5.88 Å². The van der Waals surface area contributed by atoms with E-state index in [-0.39, 0.29) is 5.54 Å². The van der Waals surface area contributed by atoms with E-state index in [0.29, 0.717) is 6.61 Å². The van der Waals surface area contributed by atoms with Crippen molar-refractivity contribution in [1.82, 2.24) is 10.3 Å². The minimum Gasteiger partial charge on any atom is -0.478 e. The van der Waals surface area contributed by atoms with Crippen LogP contribution in [-0.4, -0.2) is 23.7 Å². The molecule has 0 aliphatic heterocycles. The summed E-state index contributed by atoms with van der Waals surface area (Å²) >= 11 is 0. The Morgan fingerprint density at radius 2 is 2.06 bits per heavy atom. The Morgan fingerprint density at radius 1 is 1.31 bits per heavy atom. The topological polar surface area (TPSA) is 34.1 Å². The lowest BCUT2D eigenvalue weighted by Crippen LogP contribution is -2.36. The molecule has 0 aliphatic rings. The zero-order valence-electron chi connectivity index (χ0n) is 10.7. The molecule has 1 aromatic heterocycles. The standard InChI is InChI=1S/C13H22N2O/c1-11-7-5-8-12(15-11)16-10-6-9-14-13(2,3)4/h5,7-8,14H,6,9-10H2,1-4H3. The van der Waals surface area contributed by atoms with Gasteiger partial charge in [0.05, 0.1) is 6.61 Å². The molecule has 0 saturated heterocycles. The molecule has 3 heteroatoms. The van der Waals surface area contributed by atoms with E-state index in [2.05, 4.69) is 31.1 Å². The van der Waals surface area contributed by atoms with E-state index in [4.69, 9.17) is 4.74 Å². The zero-order chi connectivity index (χ0) is 12.0. The molecule has 0 unspecified atom stereocenters. The number of nitrogens with zero attached hydrogens (tertiary/aromatic N) is 1. The van der Waals surface area contributed by atoms with Crippen LogP contribution in [0.1, 0.15) is 32.9 Å². The normalized spacial score (nSPS) is 11.5. The van der Waals surface area contributed by atoms with E-state index in [1.807, 2.05) is 25.1 Å². The first kappa shape index (κ1) is 13.0. The summed E-state index contributed by atoms with van der Waals surface area (Å²) in [5.74, 6) is 0.718. The van der Waals surface area contributed by atoms with Gasteiger partial charge in [-0.1, -0.05) is 6.07 Å². The summed E-state index contributed by atoms with van der Waals surface area (Å²) in [7, 11) is 0. The van der Waals surface area contributed by atoms with Crippen molar-refractivity contribution >= 4 is 0 Å². The van der Waals surface area contributed by atoms with Gasteiger partial charge in [0.15, 0.2) is 0 Å². The van der Waals surface area contributed by atoms with Gasteiger partial charge in [0.2, 0.25) is 5.88 Å². The summed E-state index contributed by atoms with van der Waals surface area (Å²) in [4.78, 5) is 4.28. The van der Waals surface area contributed by atoms with Crippen LogP contribution in [0.4, 0.5) is 0 Å². The Morgan fingerprint density at radius 3 is 2.69 bits per heavy atom. The molecule has 0 atom stereocenters. The van der Waals surface area contributed by atoms with Crippen molar-refractivity contribution in [3.05, 3.63) is 23.9 Å². The van der Waals surface area contributed by atoms with Crippen molar-refractivity contribution in [3.8, 4) is 5.88 Å². The molecule has 0 aliphatic carbocycles. The Bertz CT molecular complexity index is 318. The second-order valence-electron chi connectivity index (χ2n) is 5.00.